The van der Waals surface area contributed by atoms with E-state index in [-0.39, 0.29) is 0 Å². The molecule has 0 fully saturated rings. The van der Waals surface area contributed by atoms with Gasteiger partial charge in [-0.2, -0.15) is 0 Å². The summed E-state index contributed by atoms with van der Waals surface area (Å²) in [5.41, 5.74) is 0. The summed E-state index contributed by atoms with van der Waals surface area (Å²) >= 11 is 3.31. The van der Waals surface area contributed by atoms with E-state index in [0.29, 0.717) is 19.1 Å². The van der Waals surface area contributed by atoms with Gasteiger partial charge in [0.2, 0.25) is 5.88 Å². The van der Waals surface area contributed by atoms with Gasteiger partial charge in [0.1, 0.15) is 6.61 Å². The monoisotopic (exact) mass is 273 g/mol. The number of aromatic nitrogens is 1. The van der Waals surface area contributed by atoms with E-state index in [2.05, 4.69) is 27.8 Å². The smallest absolute Gasteiger partial charge is 0.213 e. The van der Waals surface area contributed by atoms with Crippen molar-refractivity contribution in [3.05, 3.63) is 22.8 Å². The Kier molecular flexibility index (Phi) is 6.36. The SMILES string of the molecule is CCCCOCCOc1ccc(Br)cn1. The van der Waals surface area contributed by atoms with E-state index >= 15 is 0 Å². The molecule has 0 unspecified atom stereocenters. The molecule has 0 atom stereocenters. The lowest BCUT2D eigenvalue weighted by Gasteiger charge is -2.05. The molecule has 4 heteroatoms. The lowest BCUT2D eigenvalue weighted by atomic mass is 10.4. The van der Waals surface area contributed by atoms with Gasteiger partial charge in [-0.1, -0.05) is 13.3 Å². The fourth-order valence-corrected chi connectivity index (χ4v) is 1.24. The Morgan fingerprint density at radius 1 is 1.27 bits per heavy atom. The Morgan fingerprint density at radius 2 is 2.13 bits per heavy atom. The first-order valence-corrected chi connectivity index (χ1v) is 5.94. The molecule has 0 spiro atoms. The van der Waals surface area contributed by atoms with Crippen molar-refractivity contribution in [3.63, 3.8) is 0 Å². The van der Waals surface area contributed by atoms with Gasteiger partial charge in [-0.05, 0) is 28.4 Å². The summed E-state index contributed by atoms with van der Waals surface area (Å²) in [6.45, 7) is 4.13. The van der Waals surface area contributed by atoms with E-state index in [0.717, 1.165) is 23.9 Å². The number of hydrogen-bond donors (Lipinski definition) is 0. The summed E-state index contributed by atoms with van der Waals surface area (Å²) in [6.07, 6.45) is 3.99. The highest BCUT2D eigenvalue weighted by atomic mass is 79.9. The molecule has 1 aromatic heterocycles. The zero-order valence-corrected chi connectivity index (χ0v) is 10.5. The van der Waals surface area contributed by atoms with Crippen LogP contribution in [0.2, 0.25) is 0 Å². The maximum Gasteiger partial charge on any atom is 0.213 e. The first-order chi connectivity index (χ1) is 7.33. The topological polar surface area (TPSA) is 31.4 Å². The fourth-order valence-electron chi connectivity index (χ4n) is 1.00. The number of pyridine rings is 1. The van der Waals surface area contributed by atoms with Crippen LogP contribution in [0.15, 0.2) is 22.8 Å². The van der Waals surface area contributed by atoms with E-state index in [1.165, 1.54) is 0 Å². The van der Waals surface area contributed by atoms with Crippen LogP contribution in [-0.2, 0) is 4.74 Å². The minimum absolute atomic E-state index is 0.554. The van der Waals surface area contributed by atoms with Crippen LogP contribution >= 0.6 is 15.9 Å². The molecular formula is C11H16BrNO2. The largest absolute Gasteiger partial charge is 0.475 e. The fraction of sp³-hybridized carbons (Fsp3) is 0.545. The number of rotatable bonds is 7. The van der Waals surface area contributed by atoms with Crippen LogP contribution in [0.3, 0.4) is 0 Å². The highest BCUT2D eigenvalue weighted by Crippen LogP contribution is 2.11. The third-order valence-electron chi connectivity index (χ3n) is 1.82. The average Bonchev–Trinajstić information content (AvgIpc) is 2.26. The van der Waals surface area contributed by atoms with Crippen LogP contribution < -0.4 is 4.74 Å². The Hall–Kier alpha value is -0.610. The van der Waals surface area contributed by atoms with Crippen LogP contribution in [0.25, 0.3) is 0 Å². The van der Waals surface area contributed by atoms with Crippen molar-refractivity contribution in [2.45, 2.75) is 19.8 Å². The van der Waals surface area contributed by atoms with Crippen molar-refractivity contribution >= 4 is 15.9 Å². The Labute approximate surface area is 98.9 Å². The van der Waals surface area contributed by atoms with Gasteiger partial charge in [0.15, 0.2) is 0 Å². The molecule has 0 bridgehead atoms. The van der Waals surface area contributed by atoms with Crippen LogP contribution in [-0.4, -0.2) is 24.8 Å². The van der Waals surface area contributed by atoms with Gasteiger partial charge in [-0.25, -0.2) is 4.98 Å². The lowest BCUT2D eigenvalue weighted by Crippen LogP contribution is -2.08. The van der Waals surface area contributed by atoms with Gasteiger partial charge in [0, 0.05) is 23.3 Å². The van der Waals surface area contributed by atoms with Gasteiger partial charge < -0.3 is 9.47 Å². The van der Waals surface area contributed by atoms with Gasteiger partial charge in [0.05, 0.1) is 6.61 Å². The average molecular weight is 274 g/mol. The van der Waals surface area contributed by atoms with Gasteiger partial charge in [-0.15, -0.1) is 0 Å². The number of hydrogen-bond acceptors (Lipinski definition) is 3. The van der Waals surface area contributed by atoms with Gasteiger partial charge in [0.25, 0.3) is 0 Å². The van der Waals surface area contributed by atoms with Crippen LogP contribution in [0.1, 0.15) is 19.8 Å². The van der Waals surface area contributed by atoms with E-state index < -0.39 is 0 Å². The molecule has 0 aromatic carbocycles. The van der Waals surface area contributed by atoms with Crippen molar-refractivity contribution in [3.8, 4) is 5.88 Å². The number of halogens is 1. The predicted octanol–water partition coefficient (Wildman–Crippen LogP) is 3.04. The second kappa shape index (κ2) is 7.65. The van der Waals surface area contributed by atoms with Crippen LogP contribution in [0.4, 0.5) is 0 Å². The van der Waals surface area contributed by atoms with Gasteiger partial charge in [-0.3, -0.25) is 0 Å². The molecule has 0 saturated heterocycles. The van der Waals surface area contributed by atoms with E-state index in [4.69, 9.17) is 9.47 Å². The Morgan fingerprint density at radius 3 is 2.80 bits per heavy atom. The molecule has 0 N–H and O–H groups in total. The van der Waals surface area contributed by atoms with E-state index in [1.807, 2.05) is 12.1 Å². The van der Waals surface area contributed by atoms with Crippen molar-refractivity contribution in [2.24, 2.45) is 0 Å². The zero-order valence-electron chi connectivity index (χ0n) is 8.91. The normalized spacial score (nSPS) is 10.3. The van der Waals surface area contributed by atoms with E-state index in [1.54, 1.807) is 6.20 Å². The molecule has 0 radical (unpaired) electrons. The van der Waals surface area contributed by atoms with Gasteiger partial charge >= 0.3 is 0 Å². The third-order valence-corrected chi connectivity index (χ3v) is 2.29. The maximum atomic E-state index is 5.38. The molecule has 3 nitrogen and oxygen atoms in total. The molecule has 84 valence electrons. The molecule has 0 amide bonds. The summed E-state index contributed by atoms with van der Waals surface area (Å²) in [6, 6.07) is 3.73. The molecule has 1 rings (SSSR count). The second-order valence-electron chi connectivity index (χ2n) is 3.13. The molecule has 1 aromatic rings. The molecular weight excluding hydrogens is 258 g/mol. The minimum atomic E-state index is 0.554. The molecule has 15 heavy (non-hydrogen) atoms. The van der Waals surface area contributed by atoms with Crippen molar-refractivity contribution in [2.75, 3.05) is 19.8 Å². The predicted molar refractivity (Wildman–Crippen MR) is 63.2 cm³/mol. The quantitative estimate of drug-likeness (QED) is 0.716. The number of ether oxygens (including phenoxy) is 2. The lowest BCUT2D eigenvalue weighted by molar-refractivity contribution is 0.0965. The standard InChI is InChI=1S/C11H16BrNO2/c1-2-3-6-14-7-8-15-11-5-4-10(12)9-13-11/h4-5,9H,2-3,6-8H2,1H3. The van der Waals surface area contributed by atoms with Crippen molar-refractivity contribution in [1.82, 2.24) is 4.98 Å². The van der Waals surface area contributed by atoms with Crippen molar-refractivity contribution in [1.29, 1.82) is 0 Å². The Balaban J connectivity index is 2.07. The zero-order chi connectivity index (χ0) is 10.9. The first-order valence-electron chi connectivity index (χ1n) is 5.15. The number of nitrogens with zero attached hydrogens (tertiary/aromatic N) is 1. The summed E-state index contributed by atoms with van der Waals surface area (Å²) in [5.74, 6) is 0.636. The molecule has 0 aliphatic carbocycles. The highest BCUT2D eigenvalue weighted by molar-refractivity contribution is 9.10. The number of unbranched alkanes of at least 4 members (excludes halogenated alkanes) is 1. The molecule has 0 aliphatic rings. The minimum Gasteiger partial charge on any atom is -0.475 e. The second-order valence-corrected chi connectivity index (χ2v) is 4.04. The molecule has 1 heterocycles. The Bertz CT molecular complexity index is 264. The highest BCUT2D eigenvalue weighted by Gasteiger charge is 1.94. The summed E-state index contributed by atoms with van der Waals surface area (Å²) in [5, 5.41) is 0. The molecule has 0 saturated carbocycles. The summed E-state index contributed by atoms with van der Waals surface area (Å²) < 4.78 is 11.7. The van der Waals surface area contributed by atoms with Crippen LogP contribution in [0.5, 0.6) is 5.88 Å². The summed E-state index contributed by atoms with van der Waals surface area (Å²) in [7, 11) is 0. The van der Waals surface area contributed by atoms with Crippen molar-refractivity contribution < 1.29 is 9.47 Å². The molecule has 0 aliphatic heterocycles. The van der Waals surface area contributed by atoms with Crippen LogP contribution in [0, 0.1) is 0 Å². The van der Waals surface area contributed by atoms with E-state index in [9.17, 15) is 0 Å². The summed E-state index contributed by atoms with van der Waals surface area (Å²) in [4.78, 5) is 4.09. The third kappa shape index (κ3) is 5.74. The first kappa shape index (κ1) is 12.5. The maximum absolute atomic E-state index is 5.38.